The van der Waals surface area contributed by atoms with E-state index < -0.39 is 51.8 Å². The van der Waals surface area contributed by atoms with Gasteiger partial charge in [0.2, 0.25) is 0 Å². The van der Waals surface area contributed by atoms with Gasteiger partial charge in [-0.15, -0.1) is 0 Å². The molecule has 310 valence electrons. The zero-order valence-electron chi connectivity index (χ0n) is 33.5. The molecular formula is C42H77O10P. The third-order valence-electron chi connectivity index (χ3n) is 8.77. The van der Waals surface area contributed by atoms with Crippen molar-refractivity contribution in [2.45, 2.75) is 193 Å². The van der Waals surface area contributed by atoms with Crippen molar-refractivity contribution >= 4 is 19.8 Å². The Kier molecular flexibility index (Phi) is 37.2. The summed E-state index contributed by atoms with van der Waals surface area (Å²) in [5.41, 5.74) is 0. The molecule has 0 spiro atoms. The molecule has 0 radical (unpaired) electrons. The Morgan fingerprint density at radius 2 is 0.981 bits per heavy atom. The number of aliphatic hydroxyl groups is 2. The topological polar surface area (TPSA) is 149 Å². The van der Waals surface area contributed by atoms with E-state index in [1.807, 2.05) is 0 Å². The van der Waals surface area contributed by atoms with Crippen LogP contribution >= 0.6 is 7.82 Å². The maximum absolute atomic E-state index is 12.6. The molecule has 0 aromatic rings. The minimum Gasteiger partial charge on any atom is -0.462 e. The summed E-state index contributed by atoms with van der Waals surface area (Å²) in [6.07, 6.45) is 38.2. The van der Waals surface area contributed by atoms with Crippen LogP contribution in [0.5, 0.6) is 0 Å². The molecule has 1 unspecified atom stereocenters. The third kappa shape index (κ3) is 38.3. The average Bonchev–Trinajstić information content (AvgIpc) is 3.14. The number of ether oxygens (including phenoxy) is 2. The van der Waals surface area contributed by atoms with Gasteiger partial charge in [-0.2, -0.15) is 0 Å². The maximum Gasteiger partial charge on any atom is 0.472 e. The molecule has 0 rings (SSSR count). The molecule has 0 aromatic heterocycles. The molecule has 11 heteroatoms. The predicted molar refractivity (Wildman–Crippen MR) is 214 cm³/mol. The van der Waals surface area contributed by atoms with E-state index in [2.05, 4.69) is 54.8 Å². The molecule has 0 aliphatic rings. The number of phosphoric acid groups is 1. The van der Waals surface area contributed by atoms with E-state index in [9.17, 15) is 24.2 Å². The first-order valence-corrected chi connectivity index (χ1v) is 22.4. The molecule has 0 saturated heterocycles. The fraction of sp³-hybridized carbons (Fsp3) is 0.810. The van der Waals surface area contributed by atoms with E-state index in [0.717, 1.165) is 70.6 Å². The van der Waals surface area contributed by atoms with Crippen molar-refractivity contribution < 1.29 is 47.8 Å². The highest BCUT2D eigenvalue weighted by molar-refractivity contribution is 7.47. The van der Waals surface area contributed by atoms with Crippen molar-refractivity contribution in [3.63, 3.8) is 0 Å². The summed E-state index contributed by atoms with van der Waals surface area (Å²) in [4.78, 5) is 34.9. The molecule has 0 aliphatic heterocycles. The summed E-state index contributed by atoms with van der Waals surface area (Å²) in [6.45, 7) is 2.31. The highest BCUT2D eigenvalue weighted by atomic mass is 31.2. The number of phosphoric ester groups is 1. The molecule has 0 bridgehead atoms. The Morgan fingerprint density at radius 1 is 0.566 bits per heavy atom. The number of carbonyl (C=O) groups excluding carboxylic acids is 2. The maximum atomic E-state index is 12.6. The average molecular weight is 773 g/mol. The van der Waals surface area contributed by atoms with Gasteiger partial charge in [0.25, 0.3) is 0 Å². The molecule has 53 heavy (non-hydrogen) atoms. The van der Waals surface area contributed by atoms with Gasteiger partial charge in [-0.1, -0.05) is 134 Å². The number of carbonyl (C=O) groups is 2. The molecule has 0 aliphatic carbocycles. The van der Waals surface area contributed by atoms with Crippen molar-refractivity contribution in [1.82, 2.24) is 0 Å². The van der Waals surface area contributed by atoms with Gasteiger partial charge in [-0.3, -0.25) is 18.6 Å². The first-order chi connectivity index (χ1) is 25.7. The normalized spacial score (nSPS) is 14.3. The van der Waals surface area contributed by atoms with Crippen molar-refractivity contribution in [3.05, 3.63) is 36.5 Å². The number of esters is 2. The van der Waals surface area contributed by atoms with Gasteiger partial charge in [0.05, 0.1) is 19.8 Å². The number of hydrogen-bond acceptors (Lipinski definition) is 9. The van der Waals surface area contributed by atoms with Crippen LogP contribution in [0.3, 0.4) is 0 Å². The Bertz CT molecular complexity index is 983. The molecule has 3 atom stereocenters. The standard InChI is InChI=1S/C42H77O10P/c1-3-5-7-9-11-13-15-17-19-21-23-25-27-29-31-33-41(45)49-37-40(38-51-53(47,48)50-36-39(44)35-43)52-42(46)34-32-30-28-26-24-22-20-18-16-14-12-10-8-6-4-2/h11,13,17,19,22,24,39-40,43-44H,3-10,12,14-16,18,20-21,23,25-38H2,1-2H3,(H,47,48)/b13-11+,19-17+,24-22+/t39-,40+/m0/s1. The zero-order valence-corrected chi connectivity index (χ0v) is 34.4. The van der Waals surface area contributed by atoms with Crippen LogP contribution in [0.1, 0.15) is 181 Å². The molecule has 10 nitrogen and oxygen atoms in total. The van der Waals surface area contributed by atoms with Crippen LogP contribution in [0, 0.1) is 0 Å². The van der Waals surface area contributed by atoms with Crippen molar-refractivity contribution in [2.24, 2.45) is 0 Å². The van der Waals surface area contributed by atoms with Gasteiger partial charge >= 0.3 is 19.8 Å². The van der Waals surface area contributed by atoms with Crippen LogP contribution in [0.15, 0.2) is 36.5 Å². The molecule has 0 saturated carbocycles. The van der Waals surface area contributed by atoms with E-state index in [1.54, 1.807) is 0 Å². The second-order valence-electron chi connectivity index (χ2n) is 14.0. The minimum absolute atomic E-state index is 0.161. The fourth-order valence-corrected chi connectivity index (χ4v) is 6.28. The van der Waals surface area contributed by atoms with Crippen LogP contribution in [-0.2, 0) is 32.7 Å². The first kappa shape index (κ1) is 51.2. The van der Waals surface area contributed by atoms with E-state index in [-0.39, 0.29) is 19.4 Å². The number of rotatable bonds is 39. The third-order valence-corrected chi connectivity index (χ3v) is 9.72. The van der Waals surface area contributed by atoms with Gasteiger partial charge in [-0.05, 0) is 70.6 Å². The lowest BCUT2D eigenvalue weighted by Gasteiger charge is -2.20. The summed E-state index contributed by atoms with van der Waals surface area (Å²) in [7, 11) is -4.62. The molecular weight excluding hydrogens is 695 g/mol. The summed E-state index contributed by atoms with van der Waals surface area (Å²) < 4.78 is 32.6. The molecule has 0 aromatic carbocycles. The lowest BCUT2D eigenvalue weighted by atomic mass is 10.1. The molecule has 3 N–H and O–H groups in total. The van der Waals surface area contributed by atoms with E-state index in [0.29, 0.717) is 12.8 Å². The zero-order chi connectivity index (χ0) is 39.1. The van der Waals surface area contributed by atoms with Gasteiger partial charge in [-0.25, -0.2) is 4.57 Å². The van der Waals surface area contributed by atoms with Crippen LogP contribution < -0.4 is 0 Å². The first-order valence-electron chi connectivity index (χ1n) is 20.9. The van der Waals surface area contributed by atoms with E-state index >= 15 is 0 Å². The highest BCUT2D eigenvalue weighted by Crippen LogP contribution is 2.43. The van der Waals surface area contributed by atoms with Gasteiger partial charge in [0.1, 0.15) is 12.7 Å². The molecule has 0 heterocycles. The van der Waals surface area contributed by atoms with Crippen LogP contribution in [-0.4, -0.2) is 65.7 Å². The second-order valence-corrected chi connectivity index (χ2v) is 15.5. The van der Waals surface area contributed by atoms with Crippen LogP contribution in [0.2, 0.25) is 0 Å². The quantitative estimate of drug-likeness (QED) is 0.0238. The van der Waals surface area contributed by atoms with E-state index in [1.165, 1.54) is 70.6 Å². The van der Waals surface area contributed by atoms with Crippen molar-refractivity contribution in [1.29, 1.82) is 0 Å². The predicted octanol–water partition coefficient (Wildman–Crippen LogP) is 10.8. The molecule has 0 fully saturated rings. The monoisotopic (exact) mass is 773 g/mol. The number of allylic oxidation sites excluding steroid dienone is 6. The Morgan fingerprint density at radius 3 is 1.53 bits per heavy atom. The van der Waals surface area contributed by atoms with Gasteiger partial charge < -0.3 is 24.6 Å². The summed E-state index contributed by atoms with van der Waals surface area (Å²) in [5, 5.41) is 18.3. The minimum atomic E-state index is -4.62. The molecule has 0 amide bonds. The van der Waals surface area contributed by atoms with Gasteiger partial charge in [0.15, 0.2) is 6.10 Å². The Hall–Kier alpha value is -1.81. The number of hydrogen-bond donors (Lipinski definition) is 3. The van der Waals surface area contributed by atoms with Crippen LogP contribution in [0.25, 0.3) is 0 Å². The van der Waals surface area contributed by atoms with Crippen LogP contribution in [0.4, 0.5) is 0 Å². The fourth-order valence-electron chi connectivity index (χ4n) is 5.49. The number of aliphatic hydroxyl groups excluding tert-OH is 2. The summed E-state index contributed by atoms with van der Waals surface area (Å²) >= 11 is 0. The van der Waals surface area contributed by atoms with Crippen molar-refractivity contribution in [3.8, 4) is 0 Å². The van der Waals surface area contributed by atoms with Gasteiger partial charge in [0, 0.05) is 12.8 Å². The largest absolute Gasteiger partial charge is 0.472 e. The SMILES string of the molecule is CCCCC/C=C/C/C=C/CCCCCCCC(=O)OC[C@H](COP(=O)(O)OC[C@@H](O)CO)OC(=O)CCCCC/C=C/CCCCCCCCCC. The second kappa shape index (κ2) is 38.5. The van der Waals surface area contributed by atoms with E-state index in [4.69, 9.17) is 19.1 Å². The summed E-state index contributed by atoms with van der Waals surface area (Å²) in [6, 6.07) is 0. The Labute approximate surface area is 322 Å². The lowest BCUT2D eigenvalue weighted by Crippen LogP contribution is -2.29. The highest BCUT2D eigenvalue weighted by Gasteiger charge is 2.27. The lowest BCUT2D eigenvalue weighted by molar-refractivity contribution is -0.161. The Balaban J connectivity index is 4.37. The number of unbranched alkanes of at least 4 members (excludes halogenated alkanes) is 19. The summed E-state index contributed by atoms with van der Waals surface area (Å²) in [5.74, 6) is -0.959. The smallest absolute Gasteiger partial charge is 0.462 e. The van der Waals surface area contributed by atoms with Crippen molar-refractivity contribution in [2.75, 3.05) is 26.4 Å².